The first kappa shape index (κ1) is 11.9. The molecule has 0 bridgehead atoms. The van der Waals surface area contributed by atoms with Gasteiger partial charge < -0.3 is 10.6 Å². The highest BCUT2D eigenvalue weighted by atomic mass is 16.2. The predicted molar refractivity (Wildman–Crippen MR) is 67.7 cm³/mol. The van der Waals surface area contributed by atoms with E-state index in [4.69, 9.17) is 5.73 Å². The lowest BCUT2D eigenvalue weighted by atomic mass is 9.93. The number of amides is 1. The zero-order chi connectivity index (χ0) is 12.6. The van der Waals surface area contributed by atoms with E-state index >= 15 is 0 Å². The highest BCUT2D eigenvalue weighted by Crippen LogP contribution is 2.29. The van der Waals surface area contributed by atoms with E-state index in [-0.39, 0.29) is 11.3 Å². The van der Waals surface area contributed by atoms with Crippen molar-refractivity contribution < 1.29 is 4.79 Å². The Balaban J connectivity index is 2.20. The van der Waals surface area contributed by atoms with Crippen molar-refractivity contribution in [3.8, 4) is 0 Å². The van der Waals surface area contributed by atoms with Crippen LogP contribution in [0, 0.1) is 12.3 Å². The van der Waals surface area contributed by atoms with Gasteiger partial charge >= 0.3 is 0 Å². The van der Waals surface area contributed by atoms with Crippen LogP contribution < -0.4 is 5.73 Å². The summed E-state index contributed by atoms with van der Waals surface area (Å²) < 4.78 is 0. The number of hydrogen-bond donors (Lipinski definition) is 1. The summed E-state index contributed by atoms with van der Waals surface area (Å²) >= 11 is 0. The third-order valence-electron chi connectivity index (χ3n) is 3.18. The van der Waals surface area contributed by atoms with Crippen LogP contribution in [0.15, 0.2) is 12.1 Å². The van der Waals surface area contributed by atoms with Gasteiger partial charge in [-0.2, -0.15) is 0 Å². The molecule has 1 aromatic rings. The van der Waals surface area contributed by atoms with Gasteiger partial charge in [-0.25, -0.2) is 4.98 Å². The fourth-order valence-corrected chi connectivity index (χ4v) is 2.29. The Labute approximate surface area is 102 Å². The Morgan fingerprint density at radius 3 is 2.71 bits per heavy atom. The molecule has 2 rings (SSSR count). The van der Waals surface area contributed by atoms with E-state index in [9.17, 15) is 4.79 Å². The van der Waals surface area contributed by atoms with Crippen LogP contribution in [0.2, 0.25) is 0 Å². The van der Waals surface area contributed by atoms with Crippen LogP contribution in [0.4, 0.5) is 5.82 Å². The first-order valence-electron chi connectivity index (χ1n) is 5.91. The van der Waals surface area contributed by atoms with Crippen LogP contribution in [0.1, 0.15) is 36.3 Å². The predicted octanol–water partition coefficient (Wildman–Crippen LogP) is 1.84. The maximum Gasteiger partial charge on any atom is 0.254 e. The number of aromatic nitrogens is 1. The van der Waals surface area contributed by atoms with Crippen molar-refractivity contribution in [2.45, 2.75) is 27.2 Å². The van der Waals surface area contributed by atoms with Crippen molar-refractivity contribution in [1.29, 1.82) is 0 Å². The average molecular weight is 233 g/mol. The molecule has 0 aromatic carbocycles. The number of hydrogen-bond acceptors (Lipinski definition) is 3. The molecule has 0 saturated carbocycles. The summed E-state index contributed by atoms with van der Waals surface area (Å²) in [5.41, 5.74) is 7.32. The van der Waals surface area contributed by atoms with E-state index < -0.39 is 0 Å². The second kappa shape index (κ2) is 4.02. The highest BCUT2D eigenvalue weighted by molar-refractivity contribution is 5.95. The average Bonchev–Trinajstić information content (AvgIpc) is 2.56. The summed E-state index contributed by atoms with van der Waals surface area (Å²) in [7, 11) is 0. The molecule has 0 atom stereocenters. The Kier molecular flexibility index (Phi) is 2.81. The molecule has 17 heavy (non-hydrogen) atoms. The fraction of sp³-hybridized carbons (Fsp3) is 0.538. The maximum atomic E-state index is 12.3. The van der Waals surface area contributed by atoms with Gasteiger partial charge in [-0.3, -0.25) is 4.79 Å². The normalized spacial score (nSPS) is 18.4. The lowest BCUT2D eigenvalue weighted by Crippen LogP contribution is -2.30. The summed E-state index contributed by atoms with van der Waals surface area (Å²) in [5.74, 6) is 0.472. The highest BCUT2D eigenvalue weighted by Gasteiger charge is 2.32. The van der Waals surface area contributed by atoms with Gasteiger partial charge in [0.05, 0.1) is 0 Å². The second-order valence-electron chi connectivity index (χ2n) is 5.56. The quantitative estimate of drug-likeness (QED) is 0.805. The van der Waals surface area contributed by atoms with Gasteiger partial charge in [0.25, 0.3) is 5.91 Å². The minimum atomic E-state index is 0.0628. The van der Waals surface area contributed by atoms with E-state index in [1.165, 1.54) is 0 Å². The Morgan fingerprint density at radius 2 is 2.18 bits per heavy atom. The molecule has 0 unspecified atom stereocenters. The number of nitrogens with zero attached hydrogens (tertiary/aromatic N) is 2. The molecule has 2 N–H and O–H groups in total. The molecule has 1 fully saturated rings. The van der Waals surface area contributed by atoms with E-state index in [0.717, 1.165) is 25.2 Å². The summed E-state index contributed by atoms with van der Waals surface area (Å²) in [6.45, 7) is 7.86. The number of anilines is 1. The van der Waals surface area contributed by atoms with E-state index in [0.29, 0.717) is 11.4 Å². The van der Waals surface area contributed by atoms with Crippen LogP contribution in [0.25, 0.3) is 0 Å². The largest absolute Gasteiger partial charge is 0.384 e. The minimum Gasteiger partial charge on any atom is -0.384 e. The number of aryl methyl sites for hydroxylation is 1. The first-order chi connectivity index (χ1) is 7.87. The second-order valence-corrected chi connectivity index (χ2v) is 5.56. The summed E-state index contributed by atoms with van der Waals surface area (Å²) in [6.07, 6.45) is 1.05. The summed E-state index contributed by atoms with van der Waals surface area (Å²) in [6, 6.07) is 3.45. The van der Waals surface area contributed by atoms with E-state index in [1.807, 2.05) is 11.8 Å². The number of nitrogens with two attached hydrogens (primary N) is 1. The number of nitrogen functional groups attached to an aromatic ring is 1. The van der Waals surface area contributed by atoms with Crippen LogP contribution in [0.5, 0.6) is 0 Å². The lowest BCUT2D eigenvalue weighted by molar-refractivity contribution is 0.0778. The van der Waals surface area contributed by atoms with Gasteiger partial charge in [0, 0.05) is 24.3 Å². The molecule has 2 heterocycles. The van der Waals surface area contributed by atoms with Gasteiger partial charge in [-0.1, -0.05) is 13.8 Å². The molecule has 4 heteroatoms. The number of rotatable bonds is 1. The maximum absolute atomic E-state index is 12.3. The zero-order valence-electron chi connectivity index (χ0n) is 10.7. The first-order valence-corrected chi connectivity index (χ1v) is 5.91. The SMILES string of the molecule is Cc1cc(C(=O)N2CCC(C)(C)C2)cc(N)n1. The van der Waals surface area contributed by atoms with Crippen molar-refractivity contribution in [3.05, 3.63) is 23.4 Å². The van der Waals surface area contributed by atoms with Gasteiger partial charge in [-0.15, -0.1) is 0 Å². The molecule has 1 aromatic heterocycles. The standard InChI is InChI=1S/C13H19N3O/c1-9-6-10(7-11(14)15-9)12(17)16-5-4-13(2,3)8-16/h6-7H,4-5,8H2,1-3H3,(H2,14,15). The zero-order valence-corrected chi connectivity index (χ0v) is 10.7. The Hall–Kier alpha value is -1.58. The topological polar surface area (TPSA) is 59.2 Å². The number of carbonyl (C=O) groups is 1. The Bertz CT molecular complexity index is 434. The number of carbonyl (C=O) groups excluding carboxylic acids is 1. The number of pyridine rings is 1. The van der Waals surface area contributed by atoms with E-state index in [2.05, 4.69) is 18.8 Å². The molecule has 0 radical (unpaired) electrons. The monoisotopic (exact) mass is 233 g/mol. The van der Waals surface area contributed by atoms with Gasteiger partial charge in [-0.05, 0) is 30.9 Å². The third kappa shape index (κ3) is 2.57. The van der Waals surface area contributed by atoms with Crippen molar-refractivity contribution in [2.24, 2.45) is 5.41 Å². The van der Waals surface area contributed by atoms with Crippen LogP contribution in [-0.2, 0) is 0 Å². The molecule has 1 aliphatic heterocycles. The molecule has 0 aliphatic carbocycles. The fourth-order valence-electron chi connectivity index (χ4n) is 2.29. The molecule has 92 valence electrons. The van der Waals surface area contributed by atoms with Crippen molar-refractivity contribution in [1.82, 2.24) is 9.88 Å². The smallest absolute Gasteiger partial charge is 0.254 e. The number of likely N-dealkylation sites (tertiary alicyclic amines) is 1. The van der Waals surface area contributed by atoms with Crippen LogP contribution >= 0.6 is 0 Å². The molecule has 1 amide bonds. The molecular formula is C13H19N3O. The molecule has 4 nitrogen and oxygen atoms in total. The molecule has 0 spiro atoms. The lowest BCUT2D eigenvalue weighted by Gasteiger charge is -2.20. The molecular weight excluding hydrogens is 214 g/mol. The Morgan fingerprint density at radius 1 is 1.47 bits per heavy atom. The molecule has 1 aliphatic rings. The van der Waals surface area contributed by atoms with Crippen molar-refractivity contribution >= 4 is 11.7 Å². The van der Waals surface area contributed by atoms with Crippen molar-refractivity contribution in [3.63, 3.8) is 0 Å². The van der Waals surface area contributed by atoms with Gasteiger partial charge in [0.1, 0.15) is 5.82 Å². The minimum absolute atomic E-state index is 0.0628. The van der Waals surface area contributed by atoms with Crippen LogP contribution in [0.3, 0.4) is 0 Å². The third-order valence-corrected chi connectivity index (χ3v) is 3.18. The van der Waals surface area contributed by atoms with Crippen LogP contribution in [-0.4, -0.2) is 28.9 Å². The molecule has 1 saturated heterocycles. The summed E-state index contributed by atoms with van der Waals surface area (Å²) in [4.78, 5) is 18.3. The van der Waals surface area contributed by atoms with Gasteiger partial charge in [0.2, 0.25) is 0 Å². The van der Waals surface area contributed by atoms with Gasteiger partial charge in [0.15, 0.2) is 0 Å². The van der Waals surface area contributed by atoms with E-state index in [1.54, 1.807) is 12.1 Å². The van der Waals surface area contributed by atoms with Crippen molar-refractivity contribution in [2.75, 3.05) is 18.8 Å². The summed E-state index contributed by atoms with van der Waals surface area (Å²) in [5, 5.41) is 0.